The summed E-state index contributed by atoms with van der Waals surface area (Å²) in [7, 11) is 4.23. The Balaban J connectivity index is 2.20. The average Bonchev–Trinajstić information content (AvgIpc) is 2.63. The summed E-state index contributed by atoms with van der Waals surface area (Å²) >= 11 is 0. The van der Waals surface area contributed by atoms with E-state index >= 15 is 0 Å². The van der Waals surface area contributed by atoms with Gasteiger partial charge in [0.1, 0.15) is 24.4 Å². The number of rotatable bonds is 4. The van der Waals surface area contributed by atoms with Crippen LogP contribution in [0.25, 0.3) is 0 Å². The summed E-state index contributed by atoms with van der Waals surface area (Å²) in [6, 6.07) is 1.43. The van der Waals surface area contributed by atoms with Gasteiger partial charge in [-0.15, -0.1) is 0 Å². The molecule has 1 aromatic carbocycles. The van der Waals surface area contributed by atoms with Gasteiger partial charge < -0.3 is 39.0 Å². The van der Waals surface area contributed by atoms with Gasteiger partial charge in [0.15, 0.2) is 17.6 Å². The molecule has 0 radical (unpaired) electrons. The lowest BCUT2D eigenvalue weighted by Crippen LogP contribution is -2.58. The van der Waals surface area contributed by atoms with Crippen LogP contribution in [-0.2, 0) is 9.47 Å². The molecule has 9 heteroatoms. The van der Waals surface area contributed by atoms with Crippen LogP contribution in [-0.4, -0.2) is 73.6 Å². The number of carbonyl (C=O) groups excluding carboxylic acids is 1. The van der Waals surface area contributed by atoms with Crippen LogP contribution in [0.15, 0.2) is 6.07 Å². The topological polar surface area (TPSA) is 124 Å². The summed E-state index contributed by atoms with van der Waals surface area (Å²) in [5.41, 5.74) is 0.446. The molecule has 5 atom stereocenters. The predicted octanol–water partition coefficient (Wildman–Crippen LogP) is -0.595. The Labute approximate surface area is 143 Å². The van der Waals surface area contributed by atoms with E-state index in [2.05, 4.69) is 0 Å². The van der Waals surface area contributed by atoms with Crippen LogP contribution in [0.4, 0.5) is 0 Å². The minimum absolute atomic E-state index is 0.135. The third kappa shape index (κ3) is 2.60. The average molecular weight is 356 g/mol. The fourth-order valence-corrected chi connectivity index (χ4v) is 3.27. The van der Waals surface area contributed by atoms with Crippen LogP contribution in [0.5, 0.6) is 17.2 Å². The van der Waals surface area contributed by atoms with Crippen LogP contribution in [0, 0.1) is 0 Å². The third-order valence-electron chi connectivity index (χ3n) is 4.48. The first kappa shape index (κ1) is 17.7. The monoisotopic (exact) mass is 356 g/mol. The largest absolute Gasteiger partial charge is 0.493 e. The normalized spacial score (nSPS) is 30.8. The maximum absolute atomic E-state index is 12.4. The van der Waals surface area contributed by atoms with Crippen molar-refractivity contribution >= 4 is 5.97 Å². The van der Waals surface area contributed by atoms with Crippen molar-refractivity contribution in [2.75, 3.05) is 27.9 Å². The van der Waals surface area contributed by atoms with Crippen molar-refractivity contribution < 1.29 is 43.8 Å². The first-order chi connectivity index (χ1) is 12.0. The predicted molar refractivity (Wildman–Crippen MR) is 82.0 cm³/mol. The Bertz CT molecular complexity index is 674. The molecule has 3 N–H and O–H groups in total. The molecule has 0 amide bonds. The zero-order valence-electron chi connectivity index (χ0n) is 14.0. The van der Waals surface area contributed by atoms with Gasteiger partial charge in [0.05, 0.1) is 33.5 Å². The Hall–Kier alpha value is -2.07. The van der Waals surface area contributed by atoms with E-state index in [1.54, 1.807) is 0 Å². The summed E-state index contributed by atoms with van der Waals surface area (Å²) in [4.78, 5) is 12.4. The quantitative estimate of drug-likeness (QED) is 0.607. The van der Waals surface area contributed by atoms with Crippen molar-refractivity contribution in [3.63, 3.8) is 0 Å². The molecule has 0 saturated carbocycles. The highest BCUT2D eigenvalue weighted by Crippen LogP contribution is 2.50. The molecule has 2 aliphatic heterocycles. The minimum Gasteiger partial charge on any atom is -0.493 e. The second kappa shape index (κ2) is 6.68. The van der Waals surface area contributed by atoms with Gasteiger partial charge in [0, 0.05) is 5.56 Å². The number of aliphatic hydroxyl groups excluding tert-OH is 3. The lowest BCUT2D eigenvalue weighted by atomic mass is 9.86. The van der Waals surface area contributed by atoms with Crippen molar-refractivity contribution in [1.82, 2.24) is 0 Å². The Morgan fingerprint density at radius 2 is 1.76 bits per heavy atom. The van der Waals surface area contributed by atoms with Crippen molar-refractivity contribution in [2.24, 2.45) is 0 Å². The molecule has 1 saturated heterocycles. The molecular formula is C16H20O9. The highest BCUT2D eigenvalue weighted by molar-refractivity contribution is 5.95. The van der Waals surface area contributed by atoms with Crippen LogP contribution in [0.3, 0.4) is 0 Å². The van der Waals surface area contributed by atoms with Crippen LogP contribution in [0.1, 0.15) is 22.0 Å². The highest BCUT2D eigenvalue weighted by Gasteiger charge is 2.52. The summed E-state index contributed by atoms with van der Waals surface area (Å²) in [5.74, 6) is 0.00198. The van der Waals surface area contributed by atoms with E-state index in [-0.39, 0.29) is 22.8 Å². The van der Waals surface area contributed by atoms with Gasteiger partial charge >= 0.3 is 5.97 Å². The van der Waals surface area contributed by atoms with Crippen molar-refractivity contribution in [3.8, 4) is 17.2 Å². The Kier molecular flexibility index (Phi) is 4.74. The molecule has 9 nitrogen and oxygen atoms in total. The molecule has 0 aliphatic carbocycles. The molecule has 0 bridgehead atoms. The number of hydrogen-bond acceptors (Lipinski definition) is 9. The number of ether oxygens (including phenoxy) is 5. The summed E-state index contributed by atoms with van der Waals surface area (Å²) < 4.78 is 26.9. The maximum Gasteiger partial charge on any atom is 0.339 e. The number of methoxy groups -OCH3 is 3. The van der Waals surface area contributed by atoms with Crippen molar-refractivity contribution in [3.05, 3.63) is 17.2 Å². The van der Waals surface area contributed by atoms with Gasteiger partial charge in [-0.1, -0.05) is 0 Å². The van der Waals surface area contributed by atoms with E-state index in [1.165, 1.54) is 27.4 Å². The van der Waals surface area contributed by atoms with Gasteiger partial charge in [0.2, 0.25) is 5.75 Å². The number of carbonyl (C=O) groups is 1. The number of esters is 1. The molecular weight excluding hydrogens is 336 g/mol. The second-order valence-corrected chi connectivity index (χ2v) is 5.74. The molecule has 2 aliphatic rings. The Morgan fingerprint density at radius 1 is 1.08 bits per heavy atom. The van der Waals surface area contributed by atoms with Gasteiger partial charge in [0.25, 0.3) is 0 Å². The standard InChI is InChI=1S/C16H20O9/c1-21-7-4-6-9(13(23-3)12(7)22-2)14-15(25-16(6)20)11(19)10(18)8(5-17)24-14/h4,8,10-11,14-15,17-19H,5H2,1-3H3/t8-,10-,11+,14-,15+/m0/s1. The molecule has 0 spiro atoms. The van der Waals surface area contributed by atoms with Gasteiger partial charge in [-0.2, -0.15) is 0 Å². The van der Waals surface area contributed by atoms with Gasteiger partial charge in [-0.25, -0.2) is 4.79 Å². The fourth-order valence-electron chi connectivity index (χ4n) is 3.27. The zero-order chi connectivity index (χ0) is 18.3. The molecule has 1 aromatic rings. The molecule has 138 valence electrons. The molecule has 1 fully saturated rings. The number of aliphatic hydroxyl groups is 3. The fraction of sp³-hybridized carbons (Fsp3) is 0.562. The molecule has 2 heterocycles. The molecule has 3 rings (SSSR count). The number of fused-ring (bicyclic) bond motifs is 3. The maximum atomic E-state index is 12.4. The summed E-state index contributed by atoms with van der Waals surface area (Å²) in [6.45, 7) is -0.514. The van der Waals surface area contributed by atoms with Crippen molar-refractivity contribution in [2.45, 2.75) is 30.5 Å². The SMILES string of the molecule is COc1cc2c(c(OC)c1OC)[C@@H]1O[C@@H](CO)[C@H](O)[C@@H](O)[C@H]1OC2=O. The van der Waals surface area contributed by atoms with Gasteiger partial charge in [-0.05, 0) is 6.07 Å². The van der Waals surface area contributed by atoms with E-state index in [0.29, 0.717) is 5.56 Å². The van der Waals surface area contributed by atoms with E-state index in [4.69, 9.17) is 23.7 Å². The smallest absolute Gasteiger partial charge is 0.339 e. The van der Waals surface area contributed by atoms with Crippen molar-refractivity contribution in [1.29, 1.82) is 0 Å². The lowest BCUT2D eigenvalue weighted by Gasteiger charge is -2.44. The molecule has 0 unspecified atom stereocenters. The zero-order valence-corrected chi connectivity index (χ0v) is 14.0. The second-order valence-electron chi connectivity index (χ2n) is 5.74. The van der Waals surface area contributed by atoms with Gasteiger partial charge in [-0.3, -0.25) is 0 Å². The number of hydrogen-bond donors (Lipinski definition) is 3. The highest BCUT2D eigenvalue weighted by atomic mass is 16.6. The van der Waals surface area contributed by atoms with Crippen LogP contribution >= 0.6 is 0 Å². The van der Waals surface area contributed by atoms with E-state index in [1.807, 2.05) is 0 Å². The minimum atomic E-state index is -1.43. The number of benzene rings is 1. The molecule has 0 aromatic heterocycles. The molecule has 25 heavy (non-hydrogen) atoms. The van der Waals surface area contributed by atoms with E-state index in [9.17, 15) is 20.1 Å². The van der Waals surface area contributed by atoms with E-state index in [0.717, 1.165) is 0 Å². The summed E-state index contributed by atoms with van der Waals surface area (Å²) in [6.07, 6.45) is -5.96. The summed E-state index contributed by atoms with van der Waals surface area (Å²) in [5, 5.41) is 29.7. The lowest BCUT2D eigenvalue weighted by molar-refractivity contribution is -0.235. The first-order valence-corrected chi connectivity index (χ1v) is 7.64. The van der Waals surface area contributed by atoms with E-state index < -0.39 is 43.1 Å². The Morgan fingerprint density at radius 3 is 2.32 bits per heavy atom. The first-order valence-electron chi connectivity index (χ1n) is 7.64. The van der Waals surface area contributed by atoms with Crippen LogP contribution in [0.2, 0.25) is 0 Å². The van der Waals surface area contributed by atoms with Crippen LogP contribution < -0.4 is 14.2 Å². The third-order valence-corrected chi connectivity index (χ3v) is 4.48.